The van der Waals surface area contributed by atoms with Crippen LogP contribution in [0.4, 0.5) is 0 Å². The van der Waals surface area contributed by atoms with E-state index in [1.54, 1.807) is 0 Å². The molecule has 0 unspecified atom stereocenters. The summed E-state index contributed by atoms with van der Waals surface area (Å²) in [5.41, 5.74) is 0. The number of likely N-dealkylation sites (N-methyl/N-ethyl adjacent to an activating group) is 1. The van der Waals surface area contributed by atoms with Gasteiger partial charge in [-0.15, -0.1) is 0 Å². The molecule has 1 aliphatic heterocycles. The molecule has 2 N–H and O–H groups in total. The van der Waals surface area contributed by atoms with Gasteiger partial charge in [0, 0.05) is 13.6 Å². The van der Waals surface area contributed by atoms with Crippen LogP contribution in [0.1, 0.15) is 19.3 Å². The van der Waals surface area contributed by atoms with E-state index in [9.17, 15) is 24.0 Å². The maximum atomic E-state index is 12.2. The highest BCUT2D eigenvalue weighted by Crippen LogP contribution is 2.34. The SMILES string of the molecule is CNC(=O)CNC(=O)COC(=O)CCN1C(=O)[C@@H]2CC=CC[C@H]2C1=O. The van der Waals surface area contributed by atoms with Gasteiger partial charge in [-0.25, -0.2) is 0 Å². The van der Waals surface area contributed by atoms with Crippen molar-refractivity contribution in [3.63, 3.8) is 0 Å². The Kier molecular flexibility index (Phi) is 6.26. The van der Waals surface area contributed by atoms with Crippen molar-refractivity contribution in [3.8, 4) is 0 Å². The van der Waals surface area contributed by atoms with Crippen LogP contribution >= 0.6 is 0 Å². The average Bonchev–Trinajstić information content (AvgIpc) is 2.87. The lowest BCUT2D eigenvalue weighted by molar-refractivity contribution is -0.149. The Hall–Kier alpha value is -2.71. The summed E-state index contributed by atoms with van der Waals surface area (Å²) < 4.78 is 4.77. The molecule has 25 heavy (non-hydrogen) atoms. The van der Waals surface area contributed by atoms with Gasteiger partial charge in [0.15, 0.2) is 6.61 Å². The van der Waals surface area contributed by atoms with E-state index in [1.807, 2.05) is 12.2 Å². The minimum Gasteiger partial charge on any atom is -0.456 e. The number of fused-ring (bicyclic) bond motifs is 1. The number of allylic oxidation sites excluding steroid dienone is 2. The number of carbonyl (C=O) groups excluding carboxylic acids is 5. The summed E-state index contributed by atoms with van der Waals surface area (Å²) in [6, 6.07) is 0. The van der Waals surface area contributed by atoms with Gasteiger partial charge in [0.25, 0.3) is 5.91 Å². The Bertz CT molecular complexity index is 589. The van der Waals surface area contributed by atoms with Crippen LogP contribution in [0.3, 0.4) is 0 Å². The molecule has 1 saturated heterocycles. The molecule has 0 saturated carbocycles. The van der Waals surface area contributed by atoms with Crippen molar-refractivity contribution in [1.82, 2.24) is 15.5 Å². The van der Waals surface area contributed by atoms with Gasteiger partial charge >= 0.3 is 5.97 Å². The number of carbonyl (C=O) groups is 5. The second-order valence-electron chi connectivity index (χ2n) is 5.84. The first-order valence-electron chi connectivity index (χ1n) is 8.07. The van der Waals surface area contributed by atoms with Crippen LogP contribution in [0, 0.1) is 11.8 Å². The lowest BCUT2D eigenvalue weighted by atomic mass is 9.85. The molecule has 2 rings (SSSR count). The van der Waals surface area contributed by atoms with Gasteiger partial charge < -0.3 is 15.4 Å². The topological polar surface area (TPSA) is 122 Å². The quantitative estimate of drug-likeness (QED) is 0.335. The number of hydrogen-bond donors (Lipinski definition) is 2. The number of rotatable bonds is 7. The first kappa shape index (κ1) is 18.6. The van der Waals surface area contributed by atoms with E-state index in [4.69, 9.17) is 4.74 Å². The van der Waals surface area contributed by atoms with Crippen LogP contribution in [0.25, 0.3) is 0 Å². The third-order valence-electron chi connectivity index (χ3n) is 4.23. The van der Waals surface area contributed by atoms with Crippen LogP contribution in [0.15, 0.2) is 12.2 Å². The summed E-state index contributed by atoms with van der Waals surface area (Å²) in [4.78, 5) is 59.6. The summed E-state index contributed by atoms with van der Waals surface area (Å²) >= 11 is 0. The van der Waals surface area contributed by atoms with Gasteiger partial charge in [0.1, 0.15) is 0 Å². The van der Waals surface area contributed by atoms with Gasteiger partial charge in [-0.3, -0.25) is 28.9 Å². The zero-order valence-corrected chi connectivity index (χ0v) is 13.9. The molecule has 0 bridgehead atoms. The molecular weight excluding hydrogens is 330 g/mol. The van der Waals surface area contributed by atoms with Gasteiger partial charge in [0.2, 0.25) is 17.7 Å². The summed E-state index contributed by atoms with van der Waals surface area (Å²) in [5, 5.41) is 4.61. The molecule has 0 aromatic rings. The summed E-state index contributed by atoms with van der Waals surface area (Å²) in [6.07, 6.45) is 4.69. The molecule has 9 heteroatoms. The zero-order chi connectivity index (χ0) is 18.4. The van der Waals surface area contributed by atoms with Crippen LogP contribution in [-0.2, 0) is 28.7 Å². The molecule has 0 aromatic carbocycles. The number of likely N-dealkylation sites (tertiary alicyclic amines) is 1. The molecule has 136 valence electrons. The molecule has 1 aliphatic carbocycles. The normalized spacial score (nSPS) is 21.7. The average molecular weight is 351 g/mol. The fraction of sp³-hybridized carbons (Fsp3) is 0.562. The Morgan fingerprint density at radius 3 is 2.28 bits per heavy atom. The molecule has 0 spiro atoms. The van der Waals surface area contributed by atoms with Crippen molar-refractivity contribution in [2.75, 3.05) is 26.7 Å². The second kappa shape index (κ2) is 8.41. The van der Waals surface area contributed by atoms with Crippen LogP contribution in [0.2, 0.25) is 0 Å². The van der Waals surface area contributed by atoms with Crippen molar-refractivity contribution < 1.29 is 28.7 Å². The molecule has 2 aliphatic rings. The molecule has 0 radical (unpaired) electrons. The van der Waals surface area contributed by atoms with Gasteiger partial charge in [0.05, 0.1) is 24.8 Å². The van der Waals surface area contributed by atoms with Crippen LogP contribution < -0.4 is 10.6 Å². The molecule has 1 heterocycles. The van der Waals surface area contributed by atoms with E-state index in [0.29, 0.717) is 12.8 Å². The second-order valence-corrected chi connectivity index (χ2v) is 5.84. The first-order valence-corrected chi connectivity index (χ1v) is 8.07. The summed E-state index contributed by atoms with van der Waals surface area (Å²) in [7, 11) is 1.43. The van der Waals surface area contributed by atoms with Crippen molar-refractivity contribution in [1.29, 1.82) is 0 Å². The van der Waals surface area contributed by atoms with Crippen LogP contribution in [-0.4, -0.2) is 61.2 Å². The van der Waals surface area contributed by atoms with E-state index in [2.05, 4.69) is 10.6 Å². The largest absolute Gasteiger partial charge is 0.456 e. The molecule has 9 nitrogen and oxygen atoms in total. The molecule has 0 aromatic heterocycles. The number of imide groups is 1. The number of esters is 1. The Morgan fingerprint density at radius 2 is 1.72 bits per heavy atom. The van der Waals surface area contributed by atoms with E-state index < -0.39 is 18.5 Å². The number of ether oxygens (including phenoxy) is 1. The van der Waals surface area contributed by atoms with Crippen LogP contribution in [0.5, 0.6) is 0 Å². The first-order chi connectivity index (χ1) is 11.9. The Balaban J connectivity index is 1.71. The molecule has 4 amide bonds. The van der Waals surface area contributed by atoms with E-state index in [-0.39, 0.29) is 49.1 Å². The maximum absolute atomic E-state index is 12.2. The smallest absolute Gasteiger partial charge is 0.308 e. The molecular formula is C16H21N3O6. The standard InChI is InChI=1S/C16H21N3O6/c1-17-12(20)8-18-13(21)9-25-14(22)6-7-19-15(23)10-4-2-3-5-11(10)16(19)24/h2-3,10-11H,4-9H2,1H3,(H,17,20)(H,18,21)/t10-,11-/m1/s1. The van der Waals surface area contributed by atoms with Crippen molar-refractivity contribution in [2.24, 2.45) is 11.8 Å². The minimum absolute atomic E-state index is 0.0522. The van der Waals surface area contributed by atoms with Crippen molar-refractivity contribution in [2.45, 2.75) is 19.3 Å². The molecule has 2 atom stereocenters. The highest BCUT2D eigenvalue weighted by Gasteiger charge is 2.46. The lowest BCUT2D eigenvalue weighted by Crippen LogP contribution is -2.37. The Morgan fingerprint density at radius 1 is 1.12 bits per heavy atom. The fourth-order valence-electron chi connectivity index (χ4n) is 2.83. The lowest BCUT2D eigenvalue weighted by Gasteiger charge is -2.14. The van der Waals surface area contributed by atoms with E-state index in [1.165, 1.54) is 7.05 Å². The predicted octanol–water partition coefficient (Wildman–Crippen LogP) is -1.27. The predicted molar refractivity (Wildman–Crippen MR) is 84.7 cm³/mol. The fourth-order valence-corrected chi connectivity index (χ4v) is 2.83. The minimum atomic E-state index is -0.691. The third kappa shape index (κ3) is 4.65. The number of nitrogens with zero attached hydrogens (tertiary/aromatic N) is 1. The third-order valence-corrected chi connectivity index (χ3v) is 4.23. The van der Waals surface area contributed by atoms with Gasteiger partial charge in [-0.2, -0.15) is 0 Å². The monoisotopic (exact) mass is 351 g/mol. The van der Waals surface area contributed by atoms with Crippen molar-refractivity contribution in [3.05, 3.63) is 12.2 Å². The van der Waals surface area contributed by atoms with Crippen molar-refractivity contribution >= 4 is 29.6 Å². The highest BCUT2D eigenvalue weighted by atomic mass is 16.5. The van der Waals surface area contributed by atoms with E-state index >= 15 is 0 Å². The van der Waals surface area contributed by atoms with Gasteiger partial charge in [-0.05, 0) is 12.8 Å². The summed E-state index contributed by atoms with van der Waals surface area (Å²) in [5.74, 6) is -2.84. The zero-order valence-electron chi connectivity index (χ0n) is 13.9. The highest BCUT2D eigenvalue weighted by molar-refractivity contribution is 6.05. The number of amides is 4. The maximum Gasteiger partial charge on any atom is 0.308 e. The number of hydrogen-bond acceptors (Lipinski definition) is 6. The molecule has 1 fully saturated rings. The summed E-state index contributed by atoms with van der Waals surface area (Å²) in [6.45, 7) is -0.781. The Labute approximate surface area is 144 Å². The number of nitrogens with one attached hydrogen (secondary N) is 2. The van der Waals surface area contributed by atoms with E-state index in [0.717, 1.165) is 4.90 Å². The van der Waals surface area contributed by atoms with Gasteiger partial charge in [-0.1, -0.05) is 12.2 Å².